The number of amides is 3. The van der Waals surface area contributed by atoms with Gasteiger partial charge < -0.3 is 36.9 Å². The van der Waals surface area contributed by atoms with Crippen molar-refractivity contribution in [2.45, 2.75) is 77.7 Å². The molecular formula is C26H39N5O6. The highest BCUT2D eigenvalue weighted by molar-refractivity contribution is 5.94. The third-order valence-electron chi connectivity index (χ3n) is 6.08. The first kappa shape index (κ1) is 29.8. The van der Waals surface area contributed by atoms with Crippen LogP contribution >= 0.6 is 0 Å². The van der Waals surface area contributed by atoms with Gasteiger partial charge in [0, 0.05) is 17.1 Å². The molecule has 5 atom stereocenters. The molecule has 0 saturated heterocycles. The molecule has 11 heteroatoms. The molecule has 1 aromatic heterocycles. The third kappa shape index (κ3) is 8.29. The van der Waals surface area contributed by atoms with Crippen LogP contribution in [-0.4, -0.2) is 69.2 Å². The number of aliphatic carboxylic acids is 1. The van der Waals surface area contributed by atoms with Crippen LogP contribution < -0.4 is 21.7 Å². The zero-order chi connectivity index (χ0) is 27.9. The van der Waals surface area contributed by atoms with Gasteiger partial charge in [0.2, 0.25) is 17.7 Å². The van der Waals surface area contributed by atoms with E-state index in [9.17, 15) is 29.4 Å². The molecule has 0 spiro atoms. The number of fused-ring (bicyclic) bond motifs is 1. The van der Waals surface area contributed by atoms with E-state index in [0.29, 0.717) is 0 Å². The molecule has 0 aliphatic rings. The Kier molecular flexibility index (Phi) is 10.6. The Hall–Kier alpha value is -3.44. The number of nitrogens with one attached hydrogen (secondary N) is 4. The van der Waals surface area contributed by atoms with Crippen LogP contribution in [0.2, 0.25) is 0 Å². The first-order valence-corrected chi connectivity index (χ1v) is 12.4. The monoisotopic (exact) mass is 517 g/mol. The molecule has 37 heavy (non-hydrogen) atoms. The summed E-state index contributed by atoms with van der Waals surface area (Å²) in [5.41, 5.74) is 7.94. The summed E-state index contributed by atoms with van der Waals surface area (Å²) in [5, 5.41) is 28.0. The number of aliphatic hydroxyl groups excluding tert-OH is 1. The lowest BCUT2D eigenvalue weighted by atomic mass is 10.00. The normalized spacial score (nSPS) is 15.6. The van der Waals surface area contributed by atoms with Crippen LogP contribution in [0.1, 0.15) is 46.6 Å². The first-order valence-electron chi connectivity index (χ1n) is 12.4. The summed E-state index contributed by atoms with van der Waals surface area (Å²) < 4.78 is 0. The topological polar surface area (TPSA) is 187 Å². The standard InChI is InChI=1S/C26H39N5O6/c1-13(2)10-20(26(36)37)29-25(35)22(15(5)32)31-24(34)21(14(3)4)30-23(33)18(27)11-16-12-28-19-9-7-6-8-17(16)19/h6-9,12-15,18,20-22,28,32H,10-11,27H2,1-5H3,(H,29,35)(H,30,33)(H,31,34)(H,36,37). The predicted octanol–water partition coefficient (Wildman–Crippen LogP) is 0.660. The SMILES string of the molecule is CC(C)CC(NC(=O)C(NC(=O)C(NC(=O)C(N)Cc1c[nH]c2ccccc12)C(C)C)C(C)O)C(=O)O. The molecule has 8 N–H and O–H groups in total. The van der Waals surface area contributed by atoms with Gasteiger partial charge >= 0.3 is 5.97 Å². The minimum atomic E-state index is -1.42. The average molecular weight is 518 g/mol. The minimum absolute atomic E-state index is 0.00464. The average Bonchev–Trinajstić information content (AvgIpc) is 3.22. The molecule has 0 aliphatic heterocycles. The number of aromatic amines is 1. The zero-order valence-corrected chi connectivity index (χ0v) is 21.9. The van der Waals surface area contributed by atoms with E-state index in [1.54, 1.807) is 20.0 Å². The molecule has 204 valence electrons. The van der Waals surface area contributed by atoms with Gasteiger partial charge in [-0.05, 0) is 43.2 Å². The number of hydrogen-bond acceptors (Lipinski definition) is 6. The Bertz CT molecular complexity index is 1100. The van der Waals surface area contributed by atoms with Crippen molar-refractivity contribution in [2.75, 3.05) is 0 Å². The van der Waals surface area contributed by atoms with Gasteiger partial charge in [0.05, 0.1) is 12.1 Å². The molecule has 0 radical (unpaired) electrons. The van der Waals surface area contributed by atoms with E-state index in [2.05, 4.69) is 20.9 Å². The Morgan fingerprint density at radius 1 is 0.919 bits per heavy atom. The van der Waals surface area contributed by atoms with Crippen LogP contribution in [0.15, 0.2) is 30.5 Å². The van der Waals surface area contributed by atoms with E-state index in [-0.39, 0.29) is 24.7 Å². The lowest BCUT2D eigenvalue weighted by Gasteiger charge is -2.28. The van der Waals surface area contributed by atoms with E-state index in [1.165, 1.54) is 6.92 Å². The maximum Gasteiger partial charge on any atom is 0.326 e. The number of aliphatic hydroxyl groups is 1. The minimum Gasteiger partial charge on any atom is -0.480 e. The molecule has 0 fully saturated rings. The van der Waals surface area contributed by atoms with Gasteiger partial charge in [-0.25, -0.2) is 4.79 Å². The number of hydrogen-bond donors (Lipinski definition) is 7. The summed E-state index contributed by atoms with van der Waals surface area (Å²) >= 11 is 0. The van der Waals surface area contributed by atoms with Crippen LogP contribution in [0.5, 0.6) is 0 Å². The lowest BCUT2D eigenvalue weighted by molar-refractivity contribution is -0.143. The van der Waals surface area contributed by atoms with E-state index in [0.717, 1.165) is 16.5 Å². The number of carboxylic acids is 1. The largest absolute Gasteiger partial charge is 0.480 e. The number of carbonyl (C=O) groups is 4. The van der Waals surface area contributed by atoms with E-state index in [4.69, 9.17) is 5.73 Å². The molecular weight excluding hydrogens is 478 g/mol. The van der Waals surface area contributed by atoms with Gasteiger partial charge in [0.25, 0.3) is 0 Å². The fourth-order valence-electron chi connectivity index (χ4n) is 4.03. The molecule has 3 amide bonds. The molecule has 1 aromatic carbocycles. The number of carbonyl (C=O) groups excluding carboxylic acids is 3. The van der Waals surface area contributed by atoms with Gasteiger partial charge in [0.15, 0.2) is 0 Å². The van der Waals surface area contributed by atoms with Crippen LogP contribution in [0.3, 0.4) is 0 Å². The Morgan fingerprint density at radius 2 is 1.51 bits per heavy atom. The fourth-order valence-corrected chi connectivity index (χ4v) is 4.03. The maximum atomic E-state index is 13.1. The highest BCUT2D eigenvalue weighted by Crippen LogP contribution is 2.19. The number of aromatic nitrogens is 1. The summed E-state index contributed by atoms with van der Waals surface area (Å²) in [4.78, 5) is 53.4. The third-order valence-corrected chi connectivity index (χ3v) is 6.08. The van der Waals surface area contributed by atoms with Crippen molar-refractivity contribution in [2.24, 2.45) is 17.6 Å². The van der Waals surface area contributed by atoms with Gasteiger partial charge in [-0.1, -0.05) is 45.9 Å². The summed E-state index contributed by atoms with van der Waals surface area (Å²) in [6.45, 7) is 8.37. The van der Waals surface area contributed by atoms with E-state index in [1.807, 2.05) is 38.1 Å². The summed E-state index contributed by atoms with van der Waals surface area (Å²) in [5.74, 6) is -3.65. The molecule has 0 saturated carbocycles. The fraction of sp³-hybridized carbons (Fsp3) is 0.538. The van der Waals surface area contributed by atoms with Crippen LogP contribution in [0, 0.1) is 11.8 Å². The zero-order valence-electron chi connectivity index (χ0n) is 21.9. The van der Waals surface area contributed by atoms with Gasteiger partial charge in [-0.3, -0.25) is 14.4 Å². The molecule has 2 rings (SSSR count). The van der Waals surface area contributed by atoms with Crippen molar-refractivity contribution >= 4 is 34.6 Å². The van der Waals surface area contributed by atoms with Gasteiger partial charge in [-0.2, -0.15) is 0 Å². The number of carboxylic acid groups (broad SMARTS) is 1. The number of para-hydroxylation sites is 1. The highest BCUT2D eigenvalue weighted by atomic mass is 16.4. The molecule has 0 bridgehead atoms. The van der Waals surface area contributed by atoms with Crippen molar-refractivity contribution in [1.82, 2.24) is 20.9 Å². The van der Waals surface area contributed by atoms with Crippen molar-refractivity contribution in [3.05, 3.63) is 36.0 Å². The van der Waals surface area contributed by atoms with Crippen molar-refractivity contribution < 1.29 is 29.4 Å². The summed E-state index contributed by atoms with van der Waals surface area (Å²) in [7, 11) is 0. The van der Waals surface area contributed by atoms with Crippen molar-refractivity contribution in [3.8, 4) is 0 Å². The van der Waals surface area contributed by atoms with Crippen molar-refractivity contribution in [3.63, 3.8) is 0 Å². The van der Waals surface area contributed by atoms with Gasteiger partial charge in [-0.15, -0.1) is 0 Å². The number of H-pyrrole nitrogens is 1. The van der Waals surface area contributed by atoms with E-state index >= 15 is 0 Å². The molecule has 11 nitrogen and oxygen atoms in total. The Morgan fingerprint density at radius 3 is 2.08 bits per heavy atom. The van der Waals surface area contributed by atoms with E-state index < -0.39 is 54.0 Å². The number of nitrogens with two attached hydrogens (primary N) is 1. The Balaban J connectivity index is 2.08. The van der Waals surface area contributed by atoms with Gasteiger partial charge in [0.1, 0.15) is 18.1 Å². The second-order valence-corrected chi connectivity index (χ2v) is 10.2. The summed E-state index contributed by atoms with van der Waals surface area (Å²) in [6, 6.07) is 3.06. The molecule has 2 aromatic rings. The lowest BCUT2D eigenvalue weighted by Crippen LogP contribution is -2.61. The highest BCUT2D eigenvalue weighted by Gasteiger charge is 2.34. The number of benzene rings is 1. The second kappa shape index (κ2) is 13.2. The second-order valence-electron chi connectivity index (χ2n) is 10.2. The smallest absolute Gasteiger partial charge is 0.326 e. The van der Waals surface area contributed by atoms with Crippen LogP contribution in [0.4, 0.5) is 0 Å². The summed E-state index contributed by atoms with van der Waals surface area (Å²) in [6.07, 6.45) is 0.901. The molecule has 1 heterocycles. The van der Waals surface area contributed by atoms with Crippen LogP contribution in [0.25, 0.3) is 10.9 Å². The maximum absolute atomic E-state index is 13.1. The Labute approximate surface area is 216 Å². The van der Waals surface area contributed by atoms with Crippen molar-refractivity contribution in [1.29, 1.82) is 0 Å². The molecule has 5 unspecified atom stereocenters. The van der Waals surface area contributed by atoms with Crippen LogP contribution in [-0.2, 0) is 25.6 Å². The predicted molar refractivity (Wildman–Crippen MR) is 139 cm³/mol. The molecule has 0 aliphatic carbocycles. The first-order chi connectivity index (χ1) is 17.3. The number of rotatable bonds is 13. The quantitative estimate of drug-likeness (QED) is 0.203.